The Kier molecular flexibility index (Phi) is 14.3. The molecule has 10 heteroatoms. The van der Waals surface area contributed by atoms with Gasteiger partial charge in [0, 0.05) is 0 Å². The Morgan fingerprint density at radius 2 is 1.53 bits per heavy atom. The van der Waals surface area contributed by atoms with Gasteiger partial charge in [-0.15, -0.1) is 0 Å². The molecule has 0 saturated carbocycles. The van der Waals surface area contributed by atoms with Gasteiger partial charge >= 0.3 is 40.5 Å². The molecule has 0 bridgehead atoms. The third-order valence-electron chi connectivity index (χ3n) is 4.30. The van der Waals surface area contributed by atoms with E-state index in [1.165, 1.54) is 12.1 Å². The molecule has 36 heavy (non-hydrogen) atoms. The standard InChI is InChI=1S/C15H18O5.C11H12O4.Al/c1-2-3-7-10-19-11-13(14(16)17)20-15(18)12-8-5-4-6-9-12;1-7(2)15-11(14)9-6-4-3-5-8(9)10(12)13;/h4-6,8-9,11H,2-3,7,10H2,1H3,(H,16,17);3-7H,1-2H3,(H,12,13);/q;;+1/p-1. The fraction of sp³-hybridized carbons (Fsp3) is 0.308. The molecule has 2 aromatic carbocycles. The monoisotopic (exact) mass is 512 g/mol. The Hall–Kier alpha value is -3.61. The molecule has 9 nitrogen and oxygen atoms in total. The van der Waals surface area contributed by atoms with Gasteiger partial charge in [0.25, 0.3) is 0 Å². The first-order valence-electron chi connectivity index (χ1n) is 11.2. The van der Waals surface area contributed by atoms with Crippen molar-refractivity contribution in [1.82, 2.24) is 0 Å². The molecule has 0 aliphatic rings. The van der Waals surface area contributed by atoms with E-state index in [9.17, 15) is 19.2 Å². The molecule has 2 aromatic rings. The lowest BCUT2D eigenvalue weighted by Crippen LogP contribution is -2.15. The lowest BCUT2D eigenvalue weighted by Gasteiger charge is -2.09. The maximum absolute atomic E-state index is 11.9. The maximum atomic E-state index is 11.9. The Balaban J connectivity index is 0.000000381. The van der Waals surface area contributed by atoms with E-state index in [1.807, 2.05) is 16.6 Å². The van der Waals surface area contributed by atoms with Crippen LogP contribution < -0.4 is 0 Å². The summed E-state index contributed by atoms with van der Waals surface area (Å²) in [4.78, 5) is 45.7. The molecule has 190 valence electrons. The van der Waals surface area contributed by atoms with Gasteiger partial charge in [0.15, 0.2) is 0 Å². The fourth-order valence-electron chi connectivity index (χ4n) is 2.60. The minimum atomic E-state index is -1.13. The lowest BCUT2D eigenvalue weighted by molar-refractivity contribution is -0.133. The van der Waals surface area contributed by atoms with Crippen molar-refractivity contribution in [2.24, 2.45) is 0 Å². The zero-order valence-electron chi connectivity index (χ0n) is 20.5. The van der Waals surface area contributed by atoms with E-state index in [2.05, 4.69) is 10.7 Å². The molecule has 0 aliphatic heterocycles. The third kappa shape index (κ3) is 11.2. The summed E-state index contributed by atoms with van der Waals surface area (Å²) in [5.41, 5.74) is 0.382. The highest BCUT2D eigenvalue weighted by Crippen LogP contribution is 2.11. The molecule has 0 amide bonds. The molecule has 0 unspecified atom stereocenters. The van der Waals surface area contributed by atoms with E-state index in [-0.39, 0.29) is 23.0 Å². The third-order valence-corrected chi connectivity index (χ3v) is 4.51. The van der Waals surface area contributed by atoms with E-state index in [4.69, 9.17) is 19.3 Å². The number of carbonyl (C=O) groups is 4. The molecule has 0 spiro atoms. The molecule has 0 atom stereocenters. The van der Waals surface area contributed by atoms with Crippen LogP contribution in [0.1, 0.15) is 71.1 Å². The Labute approximate surface area is 218 Å². The number of benzene rings is 2. The summed E-state index contributed by atoms with van der Waals surface area (Å²) in [5, 5.41) is 8.84. The maximum Gasteiger partial charge on any atom is 0.485 e. The number of carbonyl (C=O) groups excluding carboxylic acids is 3. The predicted molar refractivity (Wildman–Crippen MR) is 131 cm³/mol. The van der Waals surface area contributed by atoms with Crippen molar-refractivity contribution in [1.29, 1.82) is 0 Å². The Morgan fingerprint density at radius 1 is 0.917 bits per heavy atom. The van der Waals surface area contributed by atoms with Crippen molar-refractivity contribution in [3.8, 4) is 0 Å². The van der Waals surface area contributed by atoms with E-state index in [0.29, 0.717) is 12.2 Å². The average Bonchev–Trinajstić information content (AvgIpc) is 2.87. The molecule has 0 aliphatic carbocycles. The highest BCUT2D eigenvalue weighted by Gasteiger charge is 2.18. The van der Waals surface area contributed by atoms with Crippen molar-refractivity contribution < 1.29 is 42.3 Å². The van der Waals surface area contributed by atoms with Gasteiger partial charge in [-0.25, -0.2) is 19.2 Å². The van der Waals surface area contributed by atoms with Crippen LogP contribution >= 0.6 is 0 Å². The number of ether oxygens (including phenoxy) is 3. The van der Waals surface area contributed by atoms with Gasteiger partial charge in [0.2, 0.25) is 5.76 Å². The van der Waals surface area contributed by atoms with Gasteiger partial charge in [0.05, 0.1) is 29.4 Å². The van der Waals surface area contributed by atoms with Crippen LogP contribution in [0.2, 0.25) is 0 Å². The predicted octanol–water partition coefficient (Wildman–Crippen LogP) is 4.47. The number of unbranched alkanes of at least 4 members (excludes halogenated alkanes) is 2. The zero-order valence-corrected chi connectivity index (χ0v) is 21.6. The largest absolute Gasteiger partial charge is 0.622 e. The average molecular weight is 512 g/mol. The Morgan fingerprint density at radius 3 is 2.08 bits per heavy atom. The SMILES string of the molecule is CC(C)OC(=O)c1ccccc1C(=O)O.CCCCCOC=C(OC(=O)c1ccccc1)C(=O)[O][Al]. The number of rotatable bonds is 11. The summed E-state index contributed by atoms with van der Waals surface area (Å²) in [6.07, 6.45) is 3.81. The zero-order chi connectivity index (χ0) is 26.9. The summed E-state index contributed by atoms with van der Waals surface area (Å²) in [6.45, 7) is 5.95. The van der Waals surface area contributed by atoms with Crippen LogP contribution in [0.3, 0.4) is 0 Å². The summed E-state index contributed by atoms with van der Waals surface area (Å²) in [7, 11) is 0. The first-order valence-corrected chi connectivity index (χ1v) is 11.7. The van der Waals surface area contributed by atoms with Gasteiger partial charge < -0.3 is 23.1 Å². The van der Waals surface area contributed by atoms with Gasteiger partial charge in [-0.3, -0.25) is 0 Å². The van der Waals surface area contributed by atoms with Crippen LogP contribution in [0.25, 0.3) is 0 Å². The molecular formula is C26H29AlO9. The van der Waals surface area contributed by atoms with Crippen LogP contribution in [0.4, 0.5) is 0 Å². The topological polar surface area (TPSA) is 125 Å². The summed E-state index contributed by atoms with van der Waals surface area (Å²) >= 11 is 1.81. The second-order valence-electron chi connectivity index (χ2n) is 7.53. The molecule has 0 aromatic heterocycles. The molecular weight excluding hydrogens is 483 g/mol. The highest BCUT2D eigenvalue weighted by atomic mass is 27.1. The second kappa shape index (κ2) is 16.9. The first kappa shape index (κ1) is 30.4. The van der Waals surface area contributed by atoms with Crippen molar-refractivity contribution in [2.75, 3.05) is 6.61 Å². The molecule has 1 N–H and O–H groups in total. The minimum Gasteiger partial charge on any atom is -0.622 e. The molecule has 2 radical (unpaired) electrons. The smallest absolute Gasteiger partial charge is 0.485 e. The molecule has 0 heterocycles. The first-order chi connectivity index (χ1) is 17.2. The minimum absolute atomic E-state index is 0.0387. The van der Waals surface area contributed by atoms with Crippen LogP contribution in [0.5, 0.6) is 0 Å². The number of esters is 2. The van der Waals surface area contributed by atoms with Crippen molar-refractivity contribution in [3.63, 3.8) is 0 Å². The van der Waals surface area contributed by atoms with Gasteiger partial charge in [-0.05, 0) is 44.5 Å². The Bertz CT molecular complexity index is 1030. The van der Waals surface area contributed by atoms with E-state index in [1.54, 1.807) is 56.3 Å². The van der Waals surface area contributed by atoms with Crippen LogP contribution in [0.15, 0.2) is 66.6 Å². The number of hydrogen-bond donors (Lipinski definition) is 1. The molecule has 0 saturated heterocycles. The number of carboxylic acids is 1. The van der Waals surface area contributed by atoms with Crippen molar-refractivity contribution >= 4 is 40.5 Å². The summed E-state index contributed by atoms with van der Waals surface area (Å²) in [6, 6.07) is 14.3. The van der Waals surface area contributed by atoms with Crippen molar-refractivity contribution in [3.05, 3.63) is 83.3 Å². The molecule has 0 fully saturated rings. The second-order valence-corrected chi connectivity index (χ2v) is 7.76. The van der Waals surface area contributed by atoms with Crippen molar-refractivity contribution in [2.45, 2.75) is 46.1 Å². The summed E-state index contributed by atoms with van der Waals surface area (Å²) in [5.74, 6) is -3.46. The van der Waals surface area contributed by atoms with E-state index >= 15 is 0 Å². The van der Waals surface area contributed by atoms with Gasteiger partial charge in [-0.2, -0.15) is 0 Å². The van der Waals surface area contributed by atoms with Crippen LogP contribution in [0, 0.1) is 0 Å². The van der Waals surface area contributed by atoms with E-state index in [0.717, 1.165) is 25.5 Å². The number of carboxylic acid groups (broad SMARTS) is 1. The van der Waals surface area contributed by atoms with Crippen LogP contribution in [-0.4, -0.2) is 58.3 Å². The quantitative estimate of drug-likeness (QED) is 0.153. The number of aromatic carboxylic acids is 1. The van der Waals surface area contributed by atoms with Gasteiger partial charge in [0.1, 0.15) is 6.26 Å². The van der Waals surface area contributed by atoms with Crippen LogP contribution in [-0.2, 0) is 22.8 Å². The number of hydrogen-bond acceptors (Lipinski definition) is 8. The highest BCUT2D eigenvalue weighted by molar-refractivity contribution is 6.09. The normalized spacial score (nSPS) is 10.5. The van der Waals surface area contributed by atoms with E-state index < -0.39 is 23.9 Å². The molecule has 2 rings (SSSR count). The lowest BCUT2D eigenvalue weighted by atomic mass is 10.1. The fourth-order valence-corrected chi connectivity index (χ4v) is 2.72. The van der Waals surface area contributed by atoms with Gasteiger partial charge in [-0.1, -0.05) is 50.1 Å². The summed E-state index contributed by atoms with van der Waals surface area (Å²) < 4.78 is 19.6.